The minimum atomic E-state index is 0.114. The first-order chi connectivity index (χ1) is 10.8. The number of ether oxygens (including phenoxy) is 1. The van der Waals surface area contributed by atoms with Gasteiger partial charge in [-0.1, -0.05) is 0 Å². The predicted octanol–water partition coefficient (Wildman–Crippen LogP) is 2.68. The highest BCUT2D eigenvalue weighted by Crippen LogP contribution is 2.21. The molecule has 1 heterocycles. The van der Waals surface area contributed by atoms with Gasteiger partial charge in [-0.3, -0.25) is 4.79 Å². The summed E-state index contributed by atoms with van der Waals surface area (Å²) in [5.74, 6) is 2.17. The summed E-state index contributed by atoms with van der Waals surface area (Å²) >= 11 is 1.56. The first-order valence-corrected chi connectivity index (χ1v) is 9.09. The molecule has 0 aromatic heterocycles. The average molecular weight is 322 g/mol. The highest BCUT2D eigenvalue weighted by molar-refractivity contribution is 8.00. The number of hydrogen-bond donors (Lipinski definition) is 2. The smallest absolute Gasteiger partial charge is 0.230 e. The van der Waals surface area contributed by atoms with E-state index in [1.165, 1.54) is 12.8 Å². The van der Waals surface area contributed by atoms with Crippen LogP contribution in [0.4, 0.5) is 0 Å². The van der Waals surface area contributed by atoms with Crippen LogP contribution < -0.4 is 15.4 Å². The van der Waals surface area contributed by atoms with Gasteiger partial charge in [0.15, 0.2) is 0 Å². The van der Waals surface area contributed by atoms with Gasteiger partial charge in [-0.25, -0.2) is 0 Å². The van der Waals surface area contributed by atoms with Crippen molar-refractivity contribution < 1.29 is 9.53 Å². The van der Waals surface area contributed by atoms with Crippen LogP contribution in [0.5, 0.6) is 5.75 Å². The van der Waals surface area contributed by atoms with Gasteiger partial charge in [-0.2, -0.15) is 0 Å². The molecule has 4 nitrogen and oxygen atoms in total. The van der Waals surface area contributed by atoms with Crippen molar-refractivity contribution >= 4 is 17.7 Å². The zero-order chi connectivity index (χ0) is 15.6. The summed E-state index contributed by atoms with van der Waals surface area (Å²) in [7, 11) is 0. The lowest BCUT2D eigenvalue weighted by molar-refractivity contribution is -0.118. The van der Waals surface area contributed by atoms with Crippen LogP contribution in [0.3, 0.4) is 0 Å². The topological polar surface area (TPSA) is 50.4 Å². The lowest BCUT2D eigenvalue weighted by atomic mass is 9.96. The fraction of sp³-hybridized carbons (Fsp3) is 0.588. The quantitative estimate of drug-likeness (QED) is 0.723. The summed E-state index contributed by atoms with van der Waals surface area (Å²) in [6.45, 7) is 5.66. The normalized spacial score (nSPS) is 18.0. The number of nitrogens with one attached hydrogen (secondary N) is 2. The minimum absolute atomic E-state index is 0.114. The zero-order valence-electron chi connectivity index (χ0n) is 13.3. The number of rotatable bonds is 8. The van der Waals surface area contributed by atoms with Crippen molar-refractivity contribution in [2.24, 2.45) is 5.92 Å². The number of thioether (sulfide) groups is 1. The Balaban J connectivity index is 1.60. The minimum Gasteiger partial charge on any atom is -0.494 e. The molecule has 22 heavy (non-hydrogen) atoms. The van der Waals surface area contributed by atoms with E-state index in [1.807, 2.05) is 31.2 Å². The maximum absolute atomic E-state index is 11.9. The third-order valence-electron chi connectivity index (χ3n) is 3.78. The van der Waals surface area contributed by atoms with Crippen LogP contribution in [0.25, 0.3) is 0 Å². The molecule has 0 bridgehead atoms. The fourth-order valence-electron chi connectivity index (χ4n) is 2.58. The highest BCUT2D eigenvalue weighted by Gasteiger charge is 2.12. The van der Waals surface area contributed by atoms with Crippen molar-refractivity contribution in [3.05, 3.63) is 24.3 Å². The monoisotopic (exact) mass is 322 g/mol. The molecule has 1 amide bonds. The molecule has 2 N–H and O–H groups in total. The van der Waals surface area contributed by atoms with Crippen LogP contribution in [0, 0.1) is 5.92 Å². The van der Waals surface area contributed by atoms with E-state index in [2.05, 4.69) is 10.6 Å². The van der Waals surface area contributed by atoms with Gasteiger partial charge in [0, 0.05) is 11.4 Å². The van der Waals surface area contributed by atoms with E-state index in [0.29, 0.717) is 18.3 Å². The van der Waals surface area contributed by atoms with Gasteiger partial charge in [0.1, 0.15) is 5.75 Å². The van der Waals surface area contributed by atoms with Gasteiger partial charge in [0.05, 0.1) is 12.4 Å². The standard InChI is InChI=1S/C17H26N2O2S/c1-2-21-15-5-7-16(8-6-15)22-13-17(20)19-11-9-14-4-3-10-18-12-14/h5-8,14,18H,2-4,9-13H2,1H3,(H,19,20). The lowest BCUT2D eigenvalue weighted by Crippen LogP contribution is -2.33. The summed E-state index contributed by atoms with van der Waals surface area (Å²) in [5.41, 5.74) is 0. The first-order valence-electron chi connectivity index (χ1n) is 8.11. The van der Waals surface area contributed by atoms with Crippen molar-refractivity contribution in [3.8, 4) is 5.75 Å². The molecular weight excluding hydrogens is 296 g/mol. The number of hydrogen-bond acceptors (Lipinski definition) is 4. The van der Waals surface area contributed by atoms with E-state index in [1.54, 1.807) is 11.8 Å². The van der Waals surface area contributed by atoms with Gasteiger partial charge in [0.25, 0.3) is 0 Å². The Kier molecular flexibility index (Phi) is 7.60. The Bertz CT molecular complexity index is 444. The van der Waals surface area contributed by atoms with Crippen molar-refractivity contribution in [3.63, 3.8) is 0 Å². The molecule has 0 radical (unpaired) electrons. The van der Waals surface area contributed by atoms with Gasteiger partial charge in [0.2, 0.25) is 5.91 Å². The Morgan fingerprint density at radius 1 is 1.41 bits per heavy atom. The van der Waals surface area contributed by atoms with E-state index in [9.17, 15) is 4.79 Å². The number of carbonyl (C=O) groups excluding carboxylic acids is 1. The van der Waals surface area contributed by atoms with Crippen LogP contribution in [-0.4, -0.2) is 37.9 Å². The Morgan fingerprint density at radius 3 is 2.91 bits per heavy atom. The third-order valence-corrected chi connectivity index (χ3v) is 4.79. The molecule has 122 valence electrons. The van der Waals surface area contributed by atoms with E-state index in [-0.39, 0.29) is 5.91 Å². The molecule has 1 saturated heterocycles. The summed E-state index contributed by atoms with van der Waals surface area (Å²) in [5, 5.41) is 6.43. The molecular formula is C17H26N2O2S. The van der Waals surface area contributed by atoms with Gasteiger partial charge >= 0.3 is 0 Å². The van der Waals surface area contributed by atoms with Gasteiger partial charge < -0.3 is 15.4 Å². The number of benzene rings is 1. The van der Waals surface area contributed by atoms with Gasteiger partial charge in [-0.05, 0) is 69.5 Å². The number of amides is 1. The maximum atomic E-state index is 11.9. The molecule has 1 aromatic rings. The van der Waals surface area contributed by atoms with Gasteiger partial charge in [-0.15, -0.1) is 11.8 Å². The van der Waals surface area contributed by atoms with Crippen molar-refractivity contribution in [2.75, 3.05) is 32.0 Å². The van der Waals surface area contributed by atoms with E-state index < -0.39 is 0 Å². The molecule has 2 rings (SSSR count). The van der Waals surface area contributed by atoms with E-state index >= 15 is 0 Å². The number of carbonyl (C=O) groups is 1. The molecule has 1 unspecified atom stereocenters. The van der Waals surface area contributed by atoms with Crippen molar-refractivity contribution in [1.29, 1.82) is 0 Å². The Morgan fingerprint density at radius 2 is 2.23 bits per heavy atom. The molecule has 1 aliphatic heterocycles. The molecule has 1 aliphatic rings. The van der Waals surface area contributed by atoms with Crippen molar-refractivity contribution in [1.82, 2.24) is 10.6 Å². The third kappa shape index (κ3) is 6.28. The summed E-state index contributed by atoms with van der Waals surface area (Å²) in [4.78, 5) is 12.9. The molecule has 0 saturated carbocycles. The summed E-state index contributed by atoms with van der Waals surface area (Å²) < 4.78 is 5.40. The van der Waals surface area contributed by atoms with E-state index in [0.717, 1.165) is 36.7 Å². The van der Waals surface area contributed by atoms with E-state index in [4.69, 9.17) is 4.74 Å². The van der Waals surface area contributed by atoms with Crippen LogP contribution in [-0.2, 0) is 4.79 Å². The average Bonchev–Trinajstić information content (AvgIpc) is 2.55. The summed E-state index contributed by atoms with van der Waals surface area (Å²) in [6.07, 6.45) is 3.61. The molecule has 1 aromatic carbocycles. The van der Waals surface area contributed by atoms with Crippen LogP contribution in [0.15, 0.2) is 29.2 Å². The molecule has 5 heteroatoms. The molecule has 1 atom stereocenters. The molecule has 0 spiro atoms. The van der Waals surface area contributed by atoms with Crippen LogP contribution >= 0.6 is 11.8 Å². The zero-order valence-corrected chi connectivity index (χ0v) is 14.1. The second kappa shape index (κ2) is 9.74. The first kappa shape index (κ1) is 17.2. The predicted molar refractivity (Wildman–Crippen MR) is 91.6 cm³/mol. The van der Waals surface area contributed by atoms with Crippen LogP contribution in [0.1, 0.15) is 26.2 Å². The highest BCUT2D eigenvalue weighted by atomic mass is 32.2. The lowest BCUT2D eigenvalue weighted by Gasteiger charge is -2.22. The second-order valence-electron chi connectivity index (χ2n) is 5.54. The van der Waals surface area contributed by atoms with Crippen molar-refractivity contribution in [2.45, 2.75) is 31.1 Å². The second-order valence-corrected chi connectivity index (χ2v) is 6.59. The molecule has 1 fully saturated rings. The number of piperidine rings is 1. The Hall–Kier alpha value is -1.20. The summed E-state index contributed by atoms with van der Waals surface area (Å²) in [6, 6.07) is 7.88. The fourth-order valence-corrected chi connectivity index (χ4v) is 3.31. The van der Waals surface area contributed by atoms with Crippen LogP contribution in [0.2, 0.25) is 0 Å². The molecule has 0 aliphatic carbocycles. The SMILES string of the molecule is CCOc1ccc(SCC(=O)NCCC2CCCNC2)cc1. The maximum Gasteiger partial charge on any atom is 0.230 e. The Labute approximate surface area is 137 Å². The largest absolute Gasteiger partial charge is 0.494 e.